The predicted molar refractivity (Wildman–Crippen MR) is 109 cm³/mol. The highest BCUT2D eigenvalue weighted by Gasteiger charge is 2.58. The summed E-state index contributed by atoms with van der Waals surface area (Å²) in [5.74, 6) is 1.73. The summed E-state index contributed by atoms with van der Waals surface area (Å²) in [5, 5.41) is 0. The highest BCUT2D eigenvalue weighted by molar-refractivity contribution is 9.11. The van der Waals surface area contributed by atoms with Gasteiger partial charge in [-0.25, -0.2) is 0 Å². The Balaban J connectivity index is 1.89. The molecule has 2 heterocycles. The number of fused-ring (bicyclic) bond motifs is 2. The van der Waals surface area contributed by atoms with Gasteiger partial charge in [-0.1, -0.05) is 15.9 Å². The third kappa shape index (κ3) is 2.21. The van der Waals surface area contributed by atoms with Gasteiger partial charge in [0.1, 0.15) is 11.5 Å². The Morgan fingerprint density at radius 3 is 2.60 bits per heavy atom. The number of hydrogen-bond donors (Lipinski definition) is 0. The molecule has 0 saturated carbocycles. The second-order valence-corrected chi connectivity index (χ2v) is 8.77. The van der Waals surface area contributed by atoms with E-state index in [0.717, 1.165) is 31.7 Å². The minimum Gasteiger partial charge on any atom is -0.497 e. The lowest BCUT2D eigenvalue weighted by Crippen LogP contribution is -2.58. The van der Waals surface area contributed by atoms with Crippen molar-refractivity contribution >= 4 is 43.6 Å². The van der Waals surface area contributed by atoms with Crippen LogP contribution in [0.3, 0.4) is 0 Å². The molecule has 1 spiro atoms. The summed E-state index contributed by atoms with van der Waals surface area (Å²) in [4.78, 5) is 2.22. The lowest BCUT2D eigenvalue weighted by molar-refractivity contribution is 0.0573. The number of hydrogen-bond acceptors (Lipinski definition) is 3. The number of anilines is 1. The maximum atomic E-state index is 6.68. The minimum absolute atomic E-state index is 0.258. The number of methoxy groups -OCH3 is 1. The first-order valence-electron chi connectivity index (χ1n) is 8.10. The molecular formula is C20H19Br2NO2. The van der Waals surface area contributed by atoms with Crippen molar-refractivity contribution in [3.63, 3.8) is 0 Å². The van der Waals surface area contributed by atoms with Crippen LogP contribution in [0.25, 0.3) is 6.08 Å². The molecule has 0 N–H and O–H groups in total. The molecule has 1 unspecified atom stereocenters. The molecule has 0 fully saturated rings. The van der Waals surface area contributed by atoms with Crippen LogP contribution in [0.4, 0.5) is 5.69 Å². The lowest BCUT2D eigenvalue weighted by atomic mass is 9.76. The van der Waals surface area contributed by atoms with Gasteiger partial charge in [0, 0.05) is 22.8 Å². The molecule has 4 rings (SSSR count). The van der Waals surface area contributed by atoms with E-state index in [1.165, 1.54) is 5.56 Å². The predicted octanol–water partition coefficient (Wildman–Crippen LogP) is 5.75. The minimum atomic E-state index is -0.592. The van der Waals surface area contributed by atoms with E-state index >= 15 is 0 Å². The molecular weight excluding hydrogens is 446 g/mol. The summed E-state index contributed by atoms with van der Waals surface area (Å²) in [6.45, 7) is 4.44. The Morgan fingerprint density at radius 1 is 1.12 bits per heavy atom. The molecule has 130 valence electrons. The van der Waals surface area contributed by atoms with Crippen molar-refractivity contribution in [1.29, 1.82) is 0 Å². The molecule has 0 aliphatic carbocycles. The van der Waals surface area contributed by atoms with E-state index in [-0.39, 0.29) is 5.41 Å². The van der Waals surface area contributed by atoms with Crippen LogP contribution in [0.15, 0.2) is 45.4 Å². The molecule has 0 bridgehead atoms. The maximum Gasteiger partial charge on any atom is 0.211 e. The van der Waals surface area contributed by atoms with Crippen LogP contribution >= 0.6 is 31.9 Å². The van der Waals surface area contributed by atoms with E-state index in [1.54, 1.807) is 7.11 Å². The van der Waals surface area contributed by atoms with Gasteiger partial charge < -0.3 is 14.4 Å². The molecule has 0 saturated heterocycles. The number of ether oxygens (including phenoxy) is 2. The van der Waals surface area contributed by atoms with Crippen molar-refractivity contribution in [2.24, 2.45) is 0 Å². The number of halogens is 2. The summed E-state index contributed by atoms with van der Waals surface area (Å²) >= 11 is 7.20. The van der Waals surface area contributed by atoms with Gasteiger partial charge in [0.2, 0.25) is 5.72 Å². The first-order chi connectivity index (χ1) is 11.8. The summed E-state index contributed by atoms with van der Waals surface area (Å²) < 4.78 is 14.1. The zero-order valence-corrected chi connectivity index (χ0v) is 17.7. The molecule has 0 amide bonds. The normalized spacial score (nSPS) is 22.6. The number of benzene rings is 2. The molecule has 5 heteroatoms. The van der Waals surface area contributed by atoms with Gasteiger partial charge in [0.25, 0.3) is 0 Å². The Labute approximate surface area is 164 Å². The highest BCUT2D eigenvalue weighted by atomic mass is 79.9. The van der Waals surface area contributed by atoms with Gasteiger partial charge in [-0.05, 0) is 77.8 Å². The standard InChI is InChI=1S/C20H19Br2NO2/c1-19(2)15-11-14(24-4)5-6-17(15)23(3)20(19)8-7-12-9-13(21)10-16(22)18(12)25-20/h5-11H,1-4H3. The van der Waals surface area contributed by atoms with Gasteiger partial charge in [-0.15, -0.1) is 0 Å². The monoisotopic (exact) mass is 463 g/mol. The Bertz CT molecular complexity index is 907. The number of likely N-dealkylation sites (N-methyl/N-ethyl adjacent to an activating group) is 1. The molecule has 3 nitrogen and oxygen atoms in total. The molecule has 2 aliphatic rings. The van der Waals surface area contributed by atoms with Crippen LogP contribution in [0.2, 0.25) is 0 Å². The topological polar surface area (TPSA) is 21.7 Å². The van der Waals surface area contributed by atoms with Crippen molar-refractivity contribution in [3.05, 3.63) is 56.5 Å². The first kappa shape index (κ1) is 17.0. The fraction of sp³-hybridized carbons (Fsp3) is 0.300. The Morgan fingerprint density at radius 2 is 1.88 bits per heavy atom. The van der Waals surface area contributed by atoms with E-state index in [9.17, 15) is 0 Å². The van der Waals surface area contributed by atoms with Crippen molar-refractivity contribution in [2.45, 2.75) is 25.0 Å². The van der Waals surface area contributed by atoms with Crippen LogP contribution < -0.4 is 14.4 Å². The maximum absolute atomic E-state index is 6.68. The summed E-state index contributed by atoms with van der Waals surface area (Å²) in [5.41, 5.74) is 2.59. The van der Waals surface area contributed by atoms with Gasteiger partial charge in [-0.3, -0.25) is 0 Å². The third-order valence-electron chi connectivity index (χ3n) is 5.42. The fourth-order valence-electron chi connectivity index (χ4n) is 3.95. The van der Waals surface area contributed by atoms with E-state index < -0.39 is 5.72 Å². The fourth-order valence-corrected chi connectivity index (χ4v) is 5.29. The molecule has 0 aromatic heterocycles. The van der Waals surface area contributed by atoms with Crippen molar-refractivity contribution in [1.82, 2.24) is 0 Å². The van der Waals surface area contributed by atoms with Crippen LogP contribution in [-0.4, -0.2) is 19.9 Å². The van der Waals surface area contributed by atoms with Gasteiger partial charge in [0.15, 0.2) is 0 Å². The zero-order chi connectivity index (χ0) is 18.0. The van der Waals surface area contributed by atoms with E-state index in [1.807, 2.05) is 12.1 Å². The molecule has 25 heavy (non-hydrogen) atoms. The molecule has 2 aromatic rings. The lowest BCUT2D eigenvalue weighted by Gasteiger charge is -2.46. The third-order valence-corrected chi connectivity index (χ3v) is 6.46. The second kappa shape index (κ2) is 5.52. The van der Waals surface area contributed by atoms with E-state index in [2.05, 4.69) is 88.0 Å². The zero-order valence-electron chi connectivity index (χ0n) is 14.6. The second-order valence-electron chi connectivity index (χ2n) is 7.00. The van der Waals surface area contributed by atoms with Crippen molar-refractivity contribution < 1.29 is 9.47 Å². The Kier molecular flexibility index (Phi) is 3.75. The smallest absolute Gasteiger partial charge is 0.211 e. The quantitative estimate of drug-likeness (QED) is 0.536. The van der Waals surface area contributed by atoms with Crippen molar-refractivity contribution in [3.8, 4) is 11.5 Å². The van der Waals surface area contributed by atoms with Crippen LogP contribution in [0.5, 0.6) is 11.5 Å². The molecule has 0 radical (unpaired) electrons. The van der Waals surface area contributed by atoms with Gasteiger partial charge >= 0.3 is 0 Å². The number of nitrogens with zero attached hydrogens (tertiary/aromatic N) is 1. The van der Waals surface area contributed by atoms with Crippen LogP contribution in [0, 0.1) is 0 Å². The van der Waals surface area contributed by atoms with E-state index in [4.69, 9.17) is 9.47 Å². The summed E-state index contributed by atoms with van der Waals surface area (Å²) in [6.07, 6.45) is 4.32. The molecule has 1 atom stereocenters. The Hall–Kier alpha value is -1.46. The van der Waals surface area contributed by atoms with Crippen LogP contribution in [-0.2, 0) is 5.41 Å². The average Bonchev–Trinajstić information content (AvgIpc) is 2.74. The summed E-state index contributed by atoms with van der Waals surface area (Å²) in [6, 6.07) is 10.3. The summed E-state index contributed by atoms with van der Waals surface area (Å²) in [7, 11) is 3.79. The first-order valence-corrected chi connectivity index (χ1v) is 9.68. The van der Waals surface area contributed by atoms with Crippen molar-refractivity contribution in [2.75, 3.05) is 19.1 Å². The molecule has 2 aromatic carbocycles. The highest BCUT2D eigenvalue weighted by Crippen LogP contribution is 2.55. The molecule has 2 aliphatic heterocycles. The largest absolute Gasteiger partial charge is 0.497 e. The van der Waals surface area contributed by atoms with E-state index in [0.29, 0.717) is 0 Å². The SMILES string of the molecule is COc1ccc2c(c1)C(C)(C)C1(C=Cc3cc(Br)cc(Br)c3O1)N2C. The van der Waals surface area contributed by atoms with Crippen LogP contribution in [0.1, 0.15) is 25.0 Å². The van der Waals surface area contributed by atoms with Gasteiger partial charge in [-0.2, -0.15) is 0 Å². The van der Waals surface area contributed by atoms with Gasteiger partial charge in [0.05, 0.1) is 17.0 Å². The average molecular weight is 465 g/mol. The number of rotatable bonds is 1.